The molecule has 1 aliphatic carbocycles. The van der Waals surface area contributed by atoms with Crippen LogP contribution < -0.4 is 15.4 Å². The van der Waals surface area contributed by atoms with Crippen LogP contribution >= 0.6 is 0 Å². The molecular formula is C15H19F3N2O2. The van der Waals surface area contributed by atoms with Crippen LogP contribution in [-0.2, 0) is 0 Å². The topological polar surface area (TPSA) is 50.4 Å². The number of para-hydroxylation sites is 2. The van der Waals surface area contributed by atoms with Gasteiger partial charge in [-0.2, -0.15) is 13.2 Å². The van der Waals surface area contributed by atoms with Gasteiger partial charge in [-0.05, 0) is 37.8 Å². The van der Waals surface area contributed by atoms with Crippen molar-refractivity contribution in [2.75, 3.05) is 12.4 Å². The monoisotopic (exact) mass is 316 g/mol. The van der Waals surface area contributed by atoms with E-state index in [-0.39, 0.29) is 18.9 Å². The number of anilines is 1. The Labute approximate surface area is 127 Å². The number of rotatable bonds is 3. The largest absolute Gasteiger partial charge is 0.495 e. The van der Waals surface area contributed by atoms with E-state index in [1.165, 1.54) is 7.11 Å². The molecule has 0 radical (unpaired) electrons. The van der Waals surface area contributed by atoms with Gasteiger partial charge in [-0.15, -0.1) is 0 Å². The molecule has 122 valence electrons. The van der Waals surface area contributed by atoms with E-state index in [2.05, 4.69) is 10.6 Å². The number of alkyl halides is 3. The molecule has 1 saturated carbocycles. The molecule has 4 nitrogen and oxygen atoms in total. The fourth-order valence-electron chi connectivity index (χ4n) is 2.66. The first kappa shape index (κ1) is 16.5. The highest BCUT2D eigenvalue weighted by molar-refractivity contribution is 5.91. The highest BCUT2D eigenvalue weighted by Gasteiger charge is 2.41. The number of benzene rings is 1. The van der Waals surface area contributed by atoms with E-state index in [0.717, 1.165) is 0 Å². The molecule has 2 amide bonds. The summed E-state index contributed by atoms with van der Waals surface area (Å²) in [6, 6.07) is 6.28. The summed E-state index contributed by atoms with van der Waals surface area (Å²) >= 11 is 0. The Hall–Kier alpha value is -1.92. The quantitative estimate of drug-likeness (QED) is 0.887. The van der Waals surface area contributed by atoms with Crippen molar-refractivity contribution < 1.29 is 22.7 Å². The number of carbonyl (C=O) groups is 1. The van der Waals surface area contributed by atoms with E-state index in [9.17, 15) is 18.0 Å². The van der Waals surface area contributed by atoms with Crippen molar-refractivity contribution in [1.82, 2.24) is 5.32 Å². The van der Waals surface area contributed by atoms with E-state index in [1.807, 2.05) is 0 Å². The minimum absolute atomic E-state index is 0.0586. The first-order valence-corrected chi connectivity index (χ1v) is 7.17. The van der Waals surface area contributed by atoms with E-state index < -0.39 is 18.1 Å². The van der Waals surface area contributed by atoms with E-state index in [0.29, 0.717) is 24.3 Å². The van der Waals surface area contributed by atoms with Crippen LogP contribution in [0, 0.1) is 5.92 Å². The van der Waals surface area contributed by atoms with Crippen LogP contribution in [0.2, 0.25) is 0 Å². The number of hydrogen-bond acceptors (Lipinski definition) is 2. The molecule has 2 rings (SSSR count). The number of urea groups is 1. The Kier molecular flexibility index (Phi) is 5.15. The molecule has 0 heterocycles. The van der Waals surface area contributed by atoms with Crippen LogP contribution in [0.25, 0.3) is 0 Å². The summed E-state index contributed by atoms with van der Waals surface area (Å²) in [5.41, 5.74) is 0.520. The normalized spacial score (nSPS) is 22.0. The van der Waals surface area contributed by atoms with Crippen LogP contribution in [0.1, 0.15) is 25.7 Å². The number of hydrogen-bond donors (Lipinski definition) is 2. The number of amides is 2. The SMILES string of the molecule is COc1ccccc1NC(=O)NC1CCC(C(F)(F)F)CC1. The van der Waals surface area contributed by atoms with Gasteiger partial charge >= 0.3 is 12.2 Å². The molecule has 0 aromatic heterocycles. The standard InChI is InChI=1S/C15H19F3N2O2/c1-22-13-5-3-2-4-12(13)20-14(21)19-11-8-6-10(7-9-11)15(16,17)18/h2-5,10-11H,6-9H2,1H3,(H2,19,20,21). The summed E-state index contributed by atoms with van der Waals surface area (Å²) in [4.78, 5) is 11.9. The van der Waals surface area contributed by atoms with Gasteiger partial charge in [0.15, 0.2) is 0 Å². The molecule has 1 fully saturated rings. The molecule has 0 unspecified atom stereocenters. The predicted octanol–water partition coefficient (Wildman–Crippen LogP) is 3.94. The van der Waals surface area contributed by atoms with Crippen molar-refractivity contribution in [3.63, 3.8) is 0 Å². The van der Waals surface area contributed by atoms with Crippen molar-refractivity contribution in [3.8, 4) is 5.75 Å². The van der Waals surface area contributed by atoms with Crippen LogP contribution in [0.15, 0.2) is 24.3 Å². The van der Waals surface area contributed by atoms with Gasteiger partial charge in [0, 0.05) is 6.04 Å². The highest BCUT2D eigenvalue weighted by Crippen LogP contribution is 2.37. The van der Waals surface area contributed by atoms with Gasteiger partial charge in [-0.3, -0.25) is 0 Å². The maximum absolute atomic E-state index is 12.6. The molecule has 0 atom stereocenters. The fourth-order valence-corrected chi connectivity index (χ4v) is 2.66. The molecule has 0 saturated heterocycles. The molecule has 0 bridgehead atoms. The minimum atomic E-state index is -4.13. The number of halogens is 3. The summed E-state index contributed by atoms with van der Waals surface area (Å²) in [6.07, 6.45) is -3.34. The van der Waals surface area contributed by atoms with Crippen LogP contribution in [0.4, 0.5) is 23.7 Å². The van der Waals surface area contributed by atoms with Gasteiger partial charge < -0.3 is 15.4 Å². The molecule has 0 spiro atoms. The van der Waals surface area contributed by atoms with Gasteiger partial charge in [-0.25, -0.2) is 4.79 Å². The predicted molar refractivity (Wildman–Crippen MR) is 76.9 cm³/mol. The molecule has 1 aromatic carbocycles. The average molecular weight is 316 g/mol. The Morgan fingerprint density at radius 3 is 2.41 bits per heavy atom. The van der Waals surface area contributed by atoms with Crippen LogP contribution in [0.5, 0.6) is 5.75 Å². The molecule has 1 aromatic rings. The second-order valence-corrected chi connectivity index (χ2v) is 5.39. The summed E-state index contributed by atoms with van der Waals surface area (Å²) in [5.74, 6) is -0.721. The Balaban J connectivity index is 1.84. The van der Waals surface area contributed by atoms with Gasteiger partial charge in [0.2, 0.25) is 0 Å². The highest BCUT2D eigenvalue weighted by atomic mass is 19.4. The zero-order valence-corrected chi connectivity index (χ0v) is 12.2. The van der Waals surface area contributed by atoms with Crippen molar-refractivity contribution >= 4 is 11.7 Å². The summed E-state index contributed by atoms with van der Waals surface area (Å²) < 4.78 is 42.9. The Bertz CT molecular complexity index is 512. The lowest BCUT2D eigenvalue weighted by atomic mass is 9.86. The summed E-state index contributed by atoms with van der Waals surface area (Å²) in [7, 11) is 1.50. The molecule has 2 N–H and O–H groups in total. The zero-order chi connectivity index (χ0) is 16.2. The maximum Gasteiger partial charge on any atom is 0.391 e. The van der Waals surface area contributed by atoms with Gasteiger partial charge in [0.05, 0.1) is 18.7 Å². The first-order chi connectivity index (χ1) is 10.4. The van der Waals surface area contributed by atoms with E-state index in [1.54, 1.807) is 24.3 Å². The summed E-state index contributed by atoms with van der Waals surface area (Å²) in [5, 5.41) is 5.37. The third-order valence-corrected chi connectivity index (χ3v) is 3.88. The summed E-state index contributed by atoms with van der Waals surface area (Å²) in [6.45, 7) is 0. The number of methoxy groups -OCH3 is 1. The fraction of sp³-hybridized carbons (Fsp3) is 0.533. The van der Waals surface area contributed by atoms with E-state index in [4.69, 9.17) is 4.74 Å². The number of ether oxygens (including phenoxy) is 1. The average Bonchev–Trinajstić information content (AvgIpc) is 2.47. The van der Waals surface area contributed by atoms with Crippen LogP contribution in [0.3, 0.4) is 0 Å². The minimum Gasteiger partial charge on any atom is -0.495 e. The van der Waals surface area contributed by atoms with Crippen molar-refractivity contribution in [3.05, 3.63) is 24.3 Å². The number of nitrogens with one attached hydrogen (secondary N) is 2. The lowest BCUT2D eigenvalue weighted by molar-refractivity contribution is -0.182. The second-order valence-electron chi connectivity index (χ2n) is 5.39. The van der Waals surface area contributed by atoms with Crippen molar-refractivity contribution in [1.29, 1.82) is 0 Å². The van der Waals surface area contributed by atoms with E-state index >= 15 is 0 Å². The van der Waals surface area contributed by atoms with Crippen LogP contribution in [-0.4, -0.2) is 25.4 Å². The molecule has 7 heteroatoms. The molecule has 1 aliphatic rings. The van der Waals surface area contributed by atoms with Crippen molar-refractivity contribution in [2.24, 2.45) is 5.92 Å². The lowest BCUT2D eigenvalue weighted by Gasteiger charge is -2.30. The molecule has 0 aliphatic heterocycles. The third kappa shape index (κ3) is 4.29. The van der Waals surface area contributed by atoms with Gasteiger partial charge in [0.25, 0.3) is 0 Å². The zero-order valence-electron chi connectivity index (χ0n) is 12.2. The smallest absolute Gasteiger partial charge is 0.391 e. The van der Waals surface area contributed by atoms with Gasteiger partial charge in [0.1, 0.15) is 5.75 Å². The number of carbonyl (C=O) groups excluding carboxylic acids is 1. The third-order valence-electron chi connectivity index (χ3n) is 3.88. The van der Waals surface area contributed by atoms with Gasteiger partial charge in [-0.1, -0.05) is 12.1 Å². The second kappa shape index (κ2) is 6.89. The Morgan fingerprint density at radius 1 is 1.18 bits per heavy atom. The van der Waals surface area contributed by atoms with Crippen molar-refractivity contribution in [2.45, 2.75) is 37.9 Å². The first-order valence-electron chi connectivity index (χ1n) is 7.17. The lowest BCUT2D eigenvalue weighted by Crippen LogP contribution is -2.41. The maximum atomic E-state index is 12.6. The molecular weight excluding hydrogens is 297 g/mol. The molecule has 22 heavy (non-hydrogen) atoms. The Morgan fingerprint density at radius 2 is 1.82 bits per heavy atom.